The summed E-state index contributed by atoms with van der Waals surface area (Å²) < 4.78 is 11.0. The van der Waals surface area contributed by atoms with Crippen molar-refractivity contribution in [1.29, 1.82) is 0 Å². The van der Waals surface area contributed by atoms with Gasteiger partial charge in [0, 0.05) is 19.6 Å². The zero-order valence-electron chi connectivity index (χ0n) is 20.0. The molecule has 4 amide bonds. The van der Waals surface area contributed by atoms with E-state index in [1.54, 1.807) is 18.7 Å². The second-order valence-electron chi connectivity index (χ2n) is 9.90. The molecule has 188 valence electrons. The average molecular weight is 479 g/mol. The lowest BCUT2D eigenvalue weighted by Crippen LogP contribution is -2.62. The number of amides is 4. The molecule has 34 heavy (non-hydrogen) atoms. The monoisotopic (exact) mass is 478 g/mol. The summed E-state index contributed by atoms with van der Waals surface area (Å²) in [6.07, 6.45) is 0.908. The summed E-state index contributed by atoms with van der Waals surface area (Å²) in [4.78, 5) is 70.2. The Balaban J connectivity index is 1.64. The van der Waals surface area contributed by atoms with E-state index in [4.69, 9.17) is 9.47 Å². The second-order valence-corrected chi connectivity index (χ2v) is 9.90. The van der Waals surface area contributed by atoms with Crippen molar-refractivity contribution in [3.8, 4) is 0 Å². The number of rotatable bonds is 0. The van der Waals surface area contributed by atoms with E-state index in [1.807, 2.05) is 6.92 Å². The molecule has 0 saturated carbocycles. The Labute approximate surface area is 199 Å². The van der Waals surface area contributed by atoms with Crippen LogP contribution < -0.4 is 5.32 Å². The zero-order valence-corrected chi connectivity index (χ0v) is 20.0. The maximum Gasteiger partial charge on any atom is 0.329 e. The molecule has 0 aliphatic carbocycles. The summed E-state index contributed by atoms with van der Waals surface area (Å²) in [5.41, 5.74) is 0. The van der Waals surface area contributed by atoms with Gasteiger partial charge in [0.25, 0.3) is 0 Å². The van der Waals surface area contributed by atoms with Crippen LogP contribution in [0.3, 0.4) is 0 Å². The van der Waals surface area contributed by atoms with E-state index < -0.39 is 42.1 Å². The summed E-state index contributed by atoms with van der Waals surface area (Å²) in [7, 11) is 0. The van der Waals surface area contributed by atoms with Crippen molar-refractivity contribution in [2.24, 2.45) is 5.92 Å². The molecule has 0 radical (unpaired) electrons. The topological polar surface area (TPSA) is 126 Å². The van der Waals surface area contributed by atoms with Crippen LogP contribution in [0, 0.1) is 5.92 Å². The lowest BCUT2D eigenvalue weighted by atomic mass is 10.1. The molecule has 0 spiro atoms. The zero-order chi connectivity index (χ0) is 24.6. The molecule has 0 aromatic rings. The smallest absolute Gasteiger partial charge is 0.329 e. The van der Waals surface area contributed by atoms with Gasteiger partial charge in [0.2, 0.25) is 23.6 Å². The first-order valence-electron chi connectivity index (χ1n) is 12.2. The van der Waals surface area contributed by atoms with Crippen LogP contribution in [0.15, 0.2) is 0 Å². The summed E-state index contributed by atoms with van der Waals surface area (Å²) in [5.74, 6) is -1.89. The van der Waals surface area contributed by atoms with Gasteiger partial charge in [0.05, 0.1) is 19.6 Å². The fourth-order valence-corrected chi connectivity index (χ4v) is 5.41. The van der Waals surface area contributed by atoms with Gasteiger partial charge in [-0.25, -0.2) is 4.79 Å². The summed E-state index contributed by atoms with van der Waals surface area (Å²) >= 11 is 0. The normalized spacial score (nSPS) is 36.1. The number of ether oxygens (including phenoxy) is 2. The third-order valence-electron chi connectivity index (χ3n) is 7.15. The average Bonchev–Trinajstić information content (AvgIpc) is 3.44. The van der Waals surface area contributed by atoms with Gasteiger partial charge < -0.3 is 29.5 Å². The van der Waals surface area contributed by atoms with Crippen LogP contribution in [-0.2, 0) is 33.4 Å². The highest BCUT2D eigenvalue weighted by Gasteiger charge is 2.44. The maximum absolute atomic E-state index is 13.4. The molecule has 11 heteroatoms. The molecule has 4 aliphatic heterocycles. The number of nitrogens with zero attached hydrogens (tertiary/aromatic N) is 3. The van der Waals surface area contributed by atoms with E-state index in [9.17, 15) is 24.0 Å². The van der Waals surface area contributed by atoms with Crippen LogP contribution in [0.25, 0.3) is 0 Å². The van der Waals surface area contributed by atoms with Gasteiger partial charge in [-0.15, -0.1) is 0 Å². The van der Waals surface area contributed by atoms with E-state index in [1.165, 1.54) is 9.80 Å². The van der Waals surface area contributed by atoms with Crippen molar-refractivity contribution in [3.63, 3.8) is 0 Å². The third-order valence-corrected chi connectivity index (χ3v) is 7.15. The molecule has 4 saturated heterocycles. The Morgan fingerprint density at radius 2 is 1.65 bits per heavy atom. The maximum atomic E-state index is 13.4. The number of esters is 1. The van der Waals surface area contributed by atoms with Gasteiger partial charge in [0.15, 0.2) is 0 Å². The van der Waals surface area contributed by atoms with Gasteiger partial charge in [-0.3, -0.25) is 19.2 Å². The molecular weight excluding hydrogens is 444 g/mol. The van der Waals surface area contributed by atoms with Gasteiger partial charge in [-0.2, -0.15) is 0 Å². The van der Waals surface area contributed by atoms with Crippen molar-refractivity contribution in [2.45, 2.75) is 76.7 Å². The van der Waals surface area contributed by atoms with Crippen LogP contribution in [-0.4, -0.2) is 107 Å². The Morgan fingerprint density at radius 1 is 0.882 bits per heavy atom. The Morgan fingerprint density at radius 3 is 2.41 bits per heavy atom. The highest BCUT2D eigenvalue weighted by atomic mass is 16.5. The van der Waals surface area contributed by atoms with E-state index in [-0.39, 0.29) is 43.2 Å². The first kappa shape index (κ1) is 24.4. The van der Waals surface area contributed by atoms with E-state index in [2.05, 4.69) is 5.32 Å². The van der Waals surface area contributed by atoms with Crippen LogP contribution in [0.5, 0.6) is 0 Å². The van der Waals surface area contributed by atoms with Crippen LogP contribution >= 0.6 is 0 Å². The van der Waals surface area contributed by atoms with Gasteiger partial charge in [-0.05, 0) is 39.0 Å². The molecule has 4 aliphatic rings. The molecule has 4 heterocycles. The standard InChI is InChI=1S/C23H34N4O7/c1-13-9-17-23(32)34-14(2)10-19(28)25-6-4-5-16(25)22(31)26-7-8-33-12-18(26)20(29)24-15(3)21(30)27(17)11-13/h13-18H,4-12H2,1-3H3,(H,24,29)/t13-,14-,15-,16-,17-,18-/m0/s1. The molecule has 4 fully saturated rings. The third kappa shape index (κ3) is 4.75. The number of morpholine rings is 1. The number of hydrogen-bond acceptors (Lipinski definition) is 7. The molecule has 4 rings (SSSR count). The fraction of sp³-hybridized carbons (Fsp3) is 0.783. The number of carbonyl (C=O) groups is 5. The van der Waals surface area contributed by atoms with Crippen molar-refractivity contribution in [1.82, 2.24) is 20.0 Å². The molecule has 0 aromatic carbocycles. The quantitative estimate of drug-likeness (QED) is 0.456. The van der Waals surface area contributed by atoms with Gasteiger partial charge in [0.1, 0.15) is 30.3 Å². The van der Waals surface area contributed by atoms with Crippen LogP contribution in [0.2, 0.25) is 0 Å². The SMILES string of the molecule is C[C@H]1C[C@H]2C(=O)O[C@@H](C)CC(=O)N3CCC[C@H]3C(=O)N3CCOC[C@H]3C(=O)N[C@@H](C)C(=O)N2C1. The predicted octanol–water partition coefficient (Wildman–Crippen LogP) is -0.718. The Kier molecular flexibility index (Phi) is 7.11. The van der Waals surface area contributed by atoms with Gasteiger partial charge >= 0.3 is 5.97 Å². The minimum absolute atomic E-state index is 0.0197. The van der Waals surface area contributed by atoms with Crippen molar-refractivity contribution in [2.75, 3.05) is 32.8 Å². The molecule has 6 atom stereocenters. The molecule has 0 aromatic heterocycles. The lowest BCUT2D eigenvalue weighted by molar-refractivity contribution is -0.161. The first-order valence-corrected chi connectivity index (χ1v) is 12.2. The van der Waals surface area contributed by atoms with Crippen LogP contribution in [0.1, 0.15) is 46.5 Å². The molecule has 0 unspecified atom stereocenters. The molecule has 1 N–H and O–H groups in total. The summed E-state index contributed by atoms with van der Waals surface area (Å²) in [6, 6.07) is -3.20. The summed E-state index contributed by atoms with van der Waals surface area (Å²) in [6.45, 7) is 6.54. The predicted molar refractivity (Wildman–Crippen MR) is 118 cm³/mol. The Bertz CT molecular complexity index is 864. The van der Waals surface area contributed by atoms with Crippen molar-refractivity contribution >= 4 is 29.6 Å². The minimum atomic E-state index is -0.890. The lowest BCUT2D eigenvalue weighted by Gasteiger charge is -2.38. The number of cyclic esters (lactones) is 1. The Hall–Kier alpha value is -2.69. The number of hydrogen-bond donors (Lipinski definition) is 1. The van der Waals surface area contributed by atoms with E-state index >= 15 is 0 Å². The summed E-state index contributed by atoms with van der Waals surface area (Å²) in [5, 5.41) is 2.71. The van der Waals surface area contributed by atoms with E-state index in [0.717, 1.165) is 0 Å². The minimum Gasteiger partial charge on any atom is -0.461 e. The van der Waals surface area contributed by atoms with E-state index in [0.29, 0.717) is 39.0 Å². The molecular formula is C23H34N4O7. The number of carbonyl (C=O) groups excluding carboxylic acids is 5. The first-order chi connectivity index (χ1) is 16.2. The molecule has 0 bridgehead atoms. The van der Waals surface area contributed by atoms with Crippen molar-refractivity contribution < 1.29 is 33.4 Å². The highest BCUT2D eigenvalue weighted by Crippen LogP contribution is 2.27. The largest absolute Gasteiger partial charge is 0.461 e. The van der Waals surface area contributed by atoms with Crippen molar-refractivity contribution in [3.05, 3.63) is 0 Å². The second kappa shape index (κ2) is 9.89. The number of fused-ring (bicyclic) bond motifs is 3. The molecule has 11 nitrogen and oxygen atoms in total. The van der Waals surface area contributed by atoms with Crippen LogP contribution in [0.4, 0.5) is 0 Å². The van der Waals surface area contributed by atoms with Gasteiger partial charge in [-0.1, -0.05) is 6.92 Å². The highest BCUT2D eigenvalue weighted by molar-refractivity contribution is 5.95. The number of nitrogens with one attached hydrogen (secondary N) is 1. The fourth-order valence-electron chi connectivity index (χ4n) is 5.41.